The summed E-state index contributed by atoms with van der Waals surface area (Å²) in [6, 6.07) is 3.33. The van der Waals surface area contributed by atoms with E-state index in [0.717, 1.165) is 37.8 Å². The summed E-state index contributed by atoms with van der Waals surface area (Å²) in [5, 5.41) is 3.07. The van der Waals surface area contributed by atoms with Crippen LogP contribution in [0.5, 0.6) is 0 Å². The van der Waals surface area contributed by atoms with Crippen molar-refractivity contribution in [2.45, 2.75) is 38.1 Å². The molecule has 0 spiro atoms. The second kappa shape index (κ2) is 7.80. The number of piperazine rings is 1. The van der Waals surface area contributed by atoms with Gasteiger partial charge in [0.1, 0.15) is 0 Å². The number of benzene rings is 1. The van der Waals surface area contributed by atoms with Gasteiger partial charge in [0.05, 0.1) is 0 Å². The Balaban J connectivity index is 1.51. The van der Waals surface area contributed by atoms with Gasteiger partial charge in [0.25, 0.3) is 5.91 Å². The number of carbonyl (C=O) groups excluding carboxylic acids is 2. The van der Waals surface area contributed by atoms with E-state index in [2.05, 4.69) is 5.32 Å². The lowest BCUT2D eigenvalue weighted by Crippen LogP contribution is -2.54. The minimum atomic E-state index is -1.03. The molecule has 1 saturated heterocycles. The van der Waals surface area contributed by atoms with E-state index < -0.39 is 11.6 Å². The summed E-state index contributed by atoms with van der Waals surface area (Å²) in [5.74, 6) is -2.34. The number of rotatable bonds is 2. The van der Waals surface area contributed by atoms with Gasteiger partial charge in [0.15, 0.2) is 11.6 Å². The molecule has 1 aromatic rings. The van der Waals surface area contributed by atoms with E-state index in [9.17, 15) is 18.4 Å². The van der Waals surface area contributed by atoms with Gasteiger partial charge in [-0.15, -0.1) is 0 Å². The number of nitrogens with zero attached hydrogens (tertiary/aromatic N) is 2. The molecule has 5 nitrogen and oxygen atoms in total. The van der Waals surface area contributed by atoms with Crippen molar-refractivity contribution in [3.05, 3.63) is 35.4 Å². The van der Waals surface area contributed by atoms with Gasteiger partial charge in [0.2, 0.25) is 0 Å². The van der Waals surface area contributed by atoms with Crippen LogP contribution in [0.25, 0.3) is 0 Å². The Morgan fingerprint density at radius 3 is 2.20 bits per heavy atom. The van der Waals surface area contributed by atoms with E-state index >= 15 is 0 Å². The van der Waals surface area contributed by atoms with Gasteiger partial charge in [-0.3, -0.25) is 4.79 Å². The Kier molecular flexibility index (Phi) is 5.50. The van der Waals surface area contributed by atoms with Crippen LogP contribution in [0.3, 0.4) is 0 Å². The van der Waals surface area contributed by atoms with Crippen LogP contribution < -0.4 is 5.32 Å². The number of carbonyl (C=O) groups is 2. The molecule has 3 amide bonds. The molecule has 0 atom stereocenters. The Bertz CT molecular complexity index is 639. The van der Waals surface area contributed by atoms with Gasteiger partial charge in [-0.2, -0.15) is 0 Å². The Morgan fingerprint density at radius 2 is 1.56 bits per heavy atom. The van der Waals surface area contributed by atoms with Crippen molar-refractivity contribution in [2.24, 2.45) is 0 Å². The molecule has 1 N–H and O–H groups in total. The molecule has 3 rings (SSSR count). The van der Waals surface area contributed by atoms with Gasteiger partial charge < -0.3 is 15.1 Å². The Hall–Kier alpha value is -2.18. The quantitative estimate of drug-likeness (QED) is 0.891. The minimum Gasteiger partial charge on any atom is -0.335 e. The molecule has 1 heterocycles. The fourth-order valence-corrected chi connectivity index (χ4v) is 3.44. The van der Waals surface area contributed by atoms with E-state index in [0.29, 0.717) is 26.2 Å². The lowest BCUT2D eigenvalue weighted by atomic mass is 9.96. The van der Waals surface area contributed by atoms with Crippen molar-refractivity contribution >= 4 is 11.9 Å². The third kappa shape index (κ3) is 4.27. The molecule has 136 valence electrons. The summed E-state index contributed by atoms with van der Waals surface area (Å²) in [5.41, 5.74) is 0.124. The lowest BCUT2D eigenvalue weighted by molar-refractivity contribution is 0.0662. The second-order valence-corrected chi connectivity index (χ2v) is 6.69. The van der Waals surface area contributed by atoms with Crippen molar-refractivity contribution in [1.29, 1.82) is 0 Å². The third-order valence-electron chi connectivity index (χ3n) is 4.95. The Morgan fingerprint density at radius 1 is 0.920 bits per heavy atom. The molecular formula is C18H23F2N3O2. The molecule has 25 heavy (non-hydrogen) atoms. The van der Waals surface area contributed by atoms with Crippen LogP contribution >= 0.6 is 0 Å². The summed E-state index contributed by atoms with van der Waals surface area (Å²) in [6.45, 7) is 1.65. The molecule has 1 saturated carbocycles. The van der Waals surface area contributed by atoms with Crippen molar-refractivity contribution < 1.29 is 18.4 Å². The zero-order valence-corrected chi connectivity index (χ0v) is 14.1. The fourth-order valence-electron chi connectivity index (χ4n) is 3.44. The van der Waals surface area contributed by atoms with Gasteiger partial charge in [-0.25, -0.2) is 13.6 Å². The van der Waals surface area contributed by atoms with Crippen molar-refractivity contribution in [3.8, 4) is 0 Å². The van der Waals surface area contributed by atoms with E-state index in [1.54, 1.807) is 9.80 Å². The van der Waals surface area contributed by atoms with Crippen LogP contribution in [0, 0.1) is 11.6 Å². The lowest BCUT2D eigenvalue weighted by Gasteiger charge is -2.36. The van der Waals surface area contributed by atoms with Crippen LogP contribution in [-0.4, -0.2) is 54.0 Å². The highest BCUT2D eigenvalue weighted by atomic mass is 19.2. The highest BCUT2D eigenvalue weighted by molar-refractivity contribution is 5.94. The molecule has 0 bridgehead atoms. The number of nitrogens with one attached hydrogen (secondary N) is 1. The number of urea groups is 1. The largest absolute Gasteiger partial charge is 0.335 e. The average molecular weight is 351 g/mol. The molecule has 7 heteroatoms. The van der Waals surface area contributed by atoms with Crippen LogP contribution in [0.1, 0.15) is 42.5 Å². The van der Waals surface area contributed by atoms with E-state index in [1.807, 2.05) is 0 Å². The first-order valence-electron chi connectivity index (χ1n) is 8.84. The summed E-state index contributed by atoms with van der Waals surface area (Å²) in [4.78, 5) is 28.0. The van der Waals surface area contributed by atoms with Crippen molar-refractivity contribution in [3.63, 3.8) is 0 Å². The first kappa shape index (κ1) is 17.6. The van der Waals surface area contributed by atoms with Gasteiger partial charge >= 0.3 is 6.03 Å². The van der Waals surface area contributed by atoms with Gasteiger partial charge in [-0.1, -0.05) is 19.3 Å². The first-order valence-corrected chi connectivity index (χ1v) is 8.84. The summed E-state index contributed by atoms with van der Waals surface area (Å²) in [6.07, 6.45) is 5.60. The minimum absolute atomic E-state index is 0.0770. The molecule has 2 fully saturated rings. The van der Waals surface area contributed by atoms with Crippen LogP contribution in [0.15, 0.2) is 18.2 Å². The SMILES string of the molecule is O=C(NC1CCCCC1)N1CCN(C(=O)c2ccc(F)c(F)c2)CC1. The van der Waals surface area contributed by atoms with Crippen molar-refractivity contribution in [1.82, 2.24) is 15.1 Å². The molecule has 0 aromatic heterocycles. The Labute approximate surface area is 146 Å². The summed E-state index contributed by atoms with van der Waals surface area (Å²) >= 11 is 0. The molecule has 0 radical (unpaired) electrons. The summed E-state index contributed by atoms with van der Waals surface area (Å²) in [7, 11) is 0. The highest BCUT2D eigenvalue weighted by Crippen LogP contribution is 2.18. The molecule has 1 aliphatic carbocycles. The predicted octanol–water partition coefficient (Wildman–Crippen LogP) is 2.76. The summed E-state index contributed by atoms with van der Waals surface area (Å²) < 4.78 is 26.3. The second-order valence-electron chi connectivity index (χ2n) is 6.69. The molecular weight excluding hydrogens is 328 g/mol. The monoisotopic (exact) mass is 351 g/mol. The van der Waals surface area contributed by atoms with E-state index in [-0.39, 0.29) is 23.5 Å². The molecule has 2 aliphatic rings. The van der Waals surface area contributed by atoms with Crippen LogP contribution in [-0.2, 0) is 0 Å². The van der Waals surface area contributed by atoms with E-state index in [4.69, 9.17) is 0 Å². The number of hydrogen-bond acceptors (Lipinski definition) is 2. The first-order chi connectivity index (χ1) is 12.0. The number of amides is 3. The van der Waals surface area contributed by atoms with E-state index in [1.165, 1.54) is 12.5 Å². The topological polar surface area (TPSA) is 52.7 Å². The van der Waals surface area contributed by atoms with Crippen LogP contribution in [0.4, 0.5) is 13.6 Å². The number of hydrogen-bond donors (Lipinski definition) is 1. The predicted molar refractivity (Wildman–Crippen MR) is 89.2 cm³/mol. The van der Waals surface area contributed by atoms with Crippen LogP contribution in [0.2, 0.25) is 0 Å². The smallest absolute Gasteiger partial charge is 0.317 e. The van der Waals surface area contributed by atoms with Gasteiger partial charge in [-0.05, 0) is 31.0 Å². The highest BCUT2D eigenvalue weighted by Gasteiger charge is 2.26. The zero-order chi connectivity index (χ0) is 17.8. The standard InChI is InChI=1S/C18H23F2N3O2/c19-15-7-6-13(12-16(15)20)17(24)22-8-10-23(11-9-22)18(25)21-14-4-2-1-3-5-14/h6-7,12,14H,1-5,8-11H2,(H,21,25). The maximum atomic E-state index is 13.3. The normalized spacial score (nSPS) is 19.0. The molecule has 1 aliphatic heterocycles. The zero-order valence-electron chi connectivity index (χ0n) is 14.1. The molecule has 1 aromatic carbocycles. The van der Waals surface area contributed by atoms with Gasteiger partial charge in [0, 0.05) is 37.8 Å². The third-order valence-corrected chi connectivity index (χ3v) is 4.95. The van der Waals surface area contributed by atoms with Crippen molar-refractivity contribution in [2.75, 3.05) is 26.2 Å². The maximum absolute atomic E-state index is 13.3. The maximum Gasteiger partial charge on any atom is 0.317 e. The molecule has 0 unspecified atom stereocenters. The fraction of sp³-hybridized carbons (Fsp3) is 0.556. The average Bonchev–Trinajstić information content (AvgIpc) is 2.64. The number of halogens is 2.